The third-order valence-electron chi connectivity index (χ3n) is 0. The maximum absolute atomic E-state index is 0. The Balaban J connectivity index is 0. The first-order chi connectivity index (χ1) is 0. The van der Waals surface area contributed by atoms with Crippen molar-refractivity contribution >= 4 is 37.7 Å². The van der Waals surface area contributed by atoms with Crippen LogP contribution >= 0.6 is 0 Å². The largest absolute Gasteiger partial charge is 2.00 e. The van der Waals surface area contributed by atoms with E-state index in [1.165, 1.54) is 0 Å². The Hall–Kier alpha value is 3.70. The zero-order chi connectivity index (χ0) is 0. The fourth-order valence-corrected chi connectivity index (χ4v) is 0. The first-order valence-electron chi connectivity index (χ1n) is 0. The fraction of sp³-hybridized carbons (Fsp3) is 0. The fourth-order valence-electron chi connectivity index (χ4n) is 0. The Bertz CT molecular complexity index is 7.51. The maximum atomic E-state index is 0. The van der Waals surface area contributed by atoms with Crippen molar-refractivity contribution in [1.29, 1.82) is 0 Å². The van der Waals surface area contributed by atoms with Crippen LogP contribution in [0.4, 0.5) is 0 Å². The third kappa shape index (κ3) is 25.3. The molecule has 0 fully saturated rings. The van der Waals surface area contributed by atoms with Crippen molar-refractivity contribution in [2.24, 2.45) is 0 Å². The van der Waals surface area contributed by atoms with Crippen molar-refractivity contribution in [2.75, 3.05) is 0 Å². The second-order valence-electron chi connectivity index (χ2n) is 0. The molecule has 0 amide bonds. The van der Waals surface area contributed by atoms with Gasteiger partial charge in [-0.15, -0.1) is 0 Å². The Labute approximate surface area is 120 Å². The van der Waals surface area contributed by atoms with Gasteiger partial charge in [0.1, 0.15) is 0 Å². The van der Waals surface area contributed by atoms with Gasteiger partial charge in [-0.1, -0.05) is 0 Å². The van der Waals surface area contributed by atoms with Crippen LogP contribution in [0.15, 0.2) is 0 Å². The Kier molecular flexibility index (Phi) is 337. The van der Waals surface area contributed by atoms with E-state index in [4.69, 9.17) is 0 Å². The second kappa shape index (κ2) is 37.7. The van der Waals surface area contributed by atoms with Crippen LogP contribution in [0.5, 0.6) is 0 Å². The molecule has 0 aliphatic carbocycles. The van der Waals surface area contributed by atoms with E-state index in [9.17, 15) is 0 Å². The Morgan fingerprint density at radius 2 is 0.500 bits per heavy atom. The predicted octanol–water partition coefficient (Wildman–Crippen LogP) is -12.4. The molecule has 0 N–H and O–H groups in total. The van der Waals surface area contributed by atoms with Gasteiger partial charge in [0, 0.05) is 0 Å². The minimum atomic E-state index is 0. The van der Waals surface area contributed by atoms with Crippen molar-refractivity contribution in [3.63, 3.8) is 0 Å². The molecule has 38 valence electrons. The van der Waals surface area contributed by atoms with Crippen molar-refractivity contribution in [3.05, 3.63) is 0 Å². The van der Waals surface area contributed by atoms with Gasteiger partial charge in [-0.05, 0) is 0 Å². The molecule has 6 heteroatoms. The number of rotatable bonds is 0. The van der Waals surface area contributed by atoms with Crippen LogP contribution in [0.25, 0.3) is 0 Å². The summed E-state index contributed by atoms with van der Waals surface area (Å²) in [5.41, 5.74) is 0. The van der Waals surface area contributed by atoms with Crippen molar-refractivity contribution < 1.29 is 85.0 Å². The average molecular weight is 416 g/mol. The van der Waals surface area contributed by atoms with Gasteiger partial charge in [0.2, 0.25) is 0 Å². The van der Waals surface area contributed by atoms with E-state index in [0.717, 1.165) is 0 Å². The summed E-state index contributed by atoms with van der Waals surface area (Å²) >= 11 is 0. The predicted molar refractivity (Wildman–Crippen MR) is 5.75 cm³/mol. The van der Waals surface area contributed by atoms with Crippen molar-refractivity contribution in [2.45, 2.75) is 0 Å². The molecule has 0 radical (unpaired) electrons. The summed E-state index contributed by atoms with van der Waals surface area (Å²) in [4.78, 5) is 0. The van der Waals surface area contributed by atoms with E-state index < -0.39 is 0 Å². The zero-order valence-electron chi connectivity index (χ0n) is 2.57. The number of halogens is 4. The smallest absolute Gasteiger partial charge is 1.00 e. The summed E-state index contributed by atoms with van der Waals surface area (Å²) in [6.07, 6.45) is 0. The third-order valence-corrected chi connectivity index (χ3v) is 0. The second-order valence-corrected chi connectivity index (χ2v) is 0. The summed E-state index contributed by atoms with van der Waals surface area (Å²) in [6.45, 7) is 0. The van der Waals surface area contributed by atoms with Crippen LogP contribution in [-0.2, 0) is 17.1 Å². The molecule has 0 nitrogen and oxygen atoms in total. The molecule has 0 saturated heterocycles. The van der Waals surface area contributed by atoms with Crippen LogP contribution in [0, 0.1) is 0 Å². The van der Waals surface area contributed by atoms with Gasteiger partial charge in [-0.2, -0.15) is 0 Å². The summed E-state index contributed by atoms with van der Waals surface area (Å²) in [6, 6.07) is 0. The average Bonchev–Trinajstić information content (AvgIpc) is 0. The molecule has 0 aliphatic rings. The van der Waals surface area contributed by atoms with Gasteiger partial charge in [0.15, 0.2) is 0 Å². The molecule has 0 heterocycles. The zero-order valence-corrected chi connectivity index (χ0v) is 12.2. The van der Waals surface area contributed by atoms with E-state index in [1.54, 1.807) is 0 Å². The topological polar surface area (TPSA) is 0 Å². The molecule has 0 saturated carbocycles. The van der Waals surface area contributed by atoms with Crippen LogP contribution in [0.2, 0.25) is 0 Å². The molecule has 0 bridgehead atoms. The van der Waals surface area contributed by atoms with Gasteiger partial charge in [-0.25, -0.2) is 0 Å². The monoisotopic (exact) mass is 412 g/mol. The number of hydrogen-bond acceptors (Lipinski definition) is 0. The van der Waals surface area contributed by atoms with E-state index >= 15 is 0 Å². The standard InChI is InChI=1S/4BrH.Ca.Fe/h4*1H;;/q;;;;2*+2/p-4. The molecule has 0 aliphatic heterocycles. The van der Waals surface area contributed by atoms with Crippen LogP contribution in [0.1, 0.15) is 0 Å². The van der Waals surface area contributed by atoms with E-state index in [0.29, 0.717) is 0 Å². The van der Waals surface area contributed by atoms with Crippen molar-refractivity contribution in [1.82, 2.24) is 0 Å². The summed E-state index contributed by atoms with van der Waals surface area (Å²) in [5.74, 6) is 0. The maximum Gasteiger partial charge on any atom is 2.00 e. The van der Waals surface area contributed by atoms with E-state index in [2.05, 4.69) is 0 Å². The molecule has 0 aromatic heterocycles. The summed E-state index contributed by atoms with van der Waals surface area (Å²) in [5, 5.41) is 0. The molecule has 0 rings (SSSR count). The summed E-state index contributed by atoms with van der Waals surface area (Å²) < 4.78 is 0. The van der Waals surface area contributed by atoms with E-state index in [-0.39, 0.29) is 123 Å². The molecule has 0 aromatic carbocycles. The Morgan fingerprint density at radius 1 is 0.500 bits per heavy atom. The van der Waals surface area contributed by atoms with Gasteiger partial charge in [-0.3, -0.25) is 0 Å². The SMILES string of the molecule is [Br-].[Br-].[Br-].[Br-].[Ca+2].[Fe+2]. The molecule has 0 aromatic rings. The van der Waals surface area contributed by atoms with Gasteiger partial charge in [0.25, 0.3) is 0 Å². The molecule has 0 unspecified atom stereocenters. The molecular formula is Br4CaFe. The molecule has 6 heavy (non-hydrogen) atoms. The first-order valence-corrected chi connectivity index (χ1v) is 0. The van der Waals surface area contributed by atoms with Gasteiger partial charge >= 0.3 is 54.8 Å². The van der Waals surface area contributed by atoms with Gasteiger partial charge in [0.05, 0.1) is 0 Å². The van der Waals surface area contributed by atoms with Crippen LogP contribution < -0.4 is 67.9 Å². The molecular weight excluding hydrogens is 416 g/mol. The van der Waals surface area contributed by atoms with Crippen LogP contribution in [0.3, 0.4) is 0 Å². The minimum Gasteiger partial charge on any atom is -1.00 e. The Morgan fingerprint density at radius 3 is 0.500 bits per heavy atom. The quantitative estimate of drug-likeness (QED) is 0.345. The minimum absolute atomic E-state index is 0. The normalized spacial score (nSPS) is 0. The molecule has 0 atom stereocenters. The van der Waals surface area contributed by atoms with Crippen molar-refractivity contribution in [3.8, 4) is 0 Å². The first kappa shape index (κ1) is 53.6. The van der Waals surface area contributed by atoms with Crippen LogP contribution in [-0.4, -0.2) is 37.7 Å². The molecule has 0 spiro atoms. The van der Waals surface area contributed by atoms with Gasteiger partial charge < -0.3 is 67.9 Å². The summed E-state index contributed by atoms with van der Waals surface area (Å²) in [7, 11) is 0. The number of hydrogen-bond donors (Lipinski definition) is 0. The van der Waals surface area contributed by atoms with E-state index in [1.807, 2.05) is 0 Å².